The van der Waals surface area contributed by atoms with E-state index in [1.54, 1.807) is 19.3 Å². The van der Waals surface area contributed by atoms with E-state index in [1.165, 1.54) is 16.7 Å². The van der Waals surface area contributed by atoms with Crippen LogP contribution in [-0.4, -0.2) is 70.3 Å². The van der Waals surface area contributed by atoms with Crippen LogP contribution in [0.15, 0.2) is 27.3 Å². The molecule has 1 unspecified atom stereocenters. The summed E-state index contributed by atoms with van der Waals surface area (Å²) >= 11 is 3.39. The van der Waals surface area contributed by atoms with E-state index >= 15 is 0 Å². The Kier molecular flexibility index (Phi) is 7.08. The zero-order chi connectivity index (χ0) is 26.5. The topological polar surface area (TPSA) is 98.0 Å². The van der Waals surface area contributed by atoms with Crippen LogP contribution in [0.1, 0.15) is 52.0 Å². The normalized spacial score (nSPS) is 22.4. The number of oxazole rings is 1. The van der Waals surface area contributed by atoms with Crippen LogP contribution in [0.3, 0.4) is 0 Å². The van der Waals surface area contributed by atoms with Crippen molar-refractivity contribution < 1.29 is 27.7 Å². The number of aromatic nitrogens is 2. The first-order valence-electron chi connectivity index (χ1n) is 11.9. The van der Waals surface area contributed by atoms with Crippen molar-refractivity contribution >= 4 is 46.3 Å². The molecule has 9 nitrogen and oxygen atoms in total. The molecule has 2 saturated heterocycles. The Bertz CT molecular complexity index is 1170. The zero-order valence-corrected chi connectivity index (χ0v) is 23.0. The number of rotatable bonds is 7. The van der Waals surface area contributed by atoms with E-state index in [0.717, 1.165) is 10.0 Å². The molecule has 0 aromatic carbocycles. The molecule has 0 radical (unpaired) electrons. The summed E-state index contributed by atoms with van der Waals surface area (Å²) in [5.74, 6) is 0.287. The highest BCUT2D eigenvalue weighted by atomic mass is 79.9. The number of halogens is 2. The van der Waals surface area contributed by atoms with E-state index in [9.17, 15) is 14.0 Å². The van der Waals surface area contributed by atoms with Crippen molar-refractivity contribution in [2.24, 2.45) is 0 Å². The van der Waals surface area contributed by atoms with E-state index in [2.05, 4.69) is 25.9 Å². The van der Waals surface area contributed by atoms with Crippen molar-refractivity contribution in [2.45, 2.75) is 71.3 Å². The Hall–Kier alpha value is -2.31. The fourth-order valence-electron chi connectivity index (χ4n) is 4.50. The highest BCUT2D eigenvalue weighted by Crippen LogP contribution is 2.40. The second-order valence-electron chi connectivity index (χ2n) is 10.5. The number of alkyl halides is 1. The standard InChI is InChI=1S/C24H31BBrFN4O5/c1-15-9-17(26)10-29-21(15)31(12-20(33)30-13-23(5,27)14-30)19(32)7-8-24(6)22(3,4)35-25(36-24)18-11-28-16(2)34-18/h9-11H,7-8,12-14H2,1-6H3. The Morgan fingerprint density at radius 1 is 1.17 bits per heavy atom. The van der Waals surface area contributed by atoms with Crippen LogP contribution in [-0.2, 0) is 18.9 Å². The molecule has 2 fully saturated rings. The molecular formula is C24H31BBrFN4O5. The van der Waals surface area contributed by atoms with Crippen LogP contribution in [0.25, 0.3) is 0 Å². The Morgan fingerprint density at radius 2 is 1.86 bits per heavy atom. The lowest BCUT2D eigenvalue weighted by molar-refractivity contribution is -0.143. The number of amides is 2. The fraction of sp³-hybridized carbons (Fsp3) is 0.583. The number of aryl methyl sites for hydroxylation is 2. The first kappa shape index (κ1) is 26.7. The van der Waals surface area contributed by atoms with Crippen molar-refractivity contribution in [2.75, 3.05) is 24.5 Å². The molecule has 0 aliphatic carbocycles. The van der Waals surface area contributed by atoms with Gasteiger partial charge in [-0.05, 0) is 68.6 Å². The van der Waals surface area contributed by atoms with Gasteiger partial charge in [-0.3, -0.25) is 14.5 Å². The lowest BCUT2D eigenvalue weighted by atomic mass is 9.83. The highest BCUT2D eigenvalue weighted by molar-refractivity contribution is 9.10. The number of pyridine rings is 1. The Morgan fingerprint density at radius 3 is 2.44 bits per heavy atom. The van der Waals surface area contributed by atoms with Gasteiger partial charge in [0.05, 0.1) is 30.5 Å². The summed E-state index contributed by atoms with van der Waals surface area (Å²) in [6.45, 7) is 10.5. The van der Waals surface area contributed by atoms with E-state index < -0.39 is 24.0 Å². The highest BCUT2D eigenvalue weighted by Gasteiger charge is 2.56. The Balaban J connectivity index is 1.50. The smallest absolute Gasteiger partial charge is 0.450 e. The van der Waals surface area contributed by atoms with Gasteiger partial charge in [0.15, 0.2) is 11.6 Å². The van der Waals surface area contributed by atoms with Gasteiger partial charge >= 0.3 is 7.12 Å². The van der Waals surface area contributed by atoms with Crippen molar-refractivity contribution in [3.05, 3.63) is 34.4 Å². The maximum Gasteiger partial charge on any atom is 0.534 e. The van der Waals surface area contributed by atoms with E-state index in [4.69, 9.17) is 13.7 Å². The number of likely N-dealkylation sites (tertiary alicyclic amines) is 1. The summed E-state index contributed by atoms with van der Waals surface area (Å²) in [6, 6.07) is 1.83. The minimum Gasteiger partial charge on any atom is -0.450 e. The molecule has 194 valence electrons. The molecule has 12 heteroatoms. The van der Waals surface area contributed by atoms with Crippen LogP contribution in [0.5, 0.6) is 0 Å². The minimum absolute atomic E-state index is 0.0144. The molecule has 0 saturated carbocycles. The molecule has 2 aromatic heterocycles. The maximum absolute atomic E-state index is 14.0. The molecule has 2 aromatic rings. The summed E-state index contributed by atoms with van der Waals surface area (Å²) < 4.78 is 32.7. The Labute approximate surface area is 219 Å². The average Bonchev–Trinajstić information content (AvgIpc) is 3.29. The van der Waals surface area contributed by atoms with Crippen LogP contribution >= 0.6 is 15.9 Å². The molecular weight excluding hydrogens is 534 g/mol. The number of anilines is 1. The van der Waals surface area contributed by atoms with Gasteiger partial charge in [0, 0.05) is 24.0 Å². The van der Waals surface area contributed by atoms with Gasteiger partial charge < -0.3 is 18.6 Å². The largest absolute Gasteiger partial charge is 0.534 e. The van der Waals surface area contributed by atoms with Gasteiger partial charge in [-0.25, -0.2) is 14.4 Å². The van der Waals surface area contributed by atoms with Crippen molar-refractivity contribution in [1.82, 2.24) is 14.9 Å². The first-order valence-corrected chi connectivity index (χ1v) is 12.7. The second-order valence-corrected chi connectivity index (χ2v) is 11.4. The average molecular weight is 565 g/mol. The molecule has 2 aliphatic rings. The van der Waals surface area contributed by atoms with Gasteiger partial charge in [0.1, 0.15) is 18.0 Å². The SMILES string of the molecule is Cc1ncc(B2OC(C)(C)C(C)(CCC(=O)N(CC(=O)N3CC(C)(F)C3)c3ncc(Br)cc3C)O2)o1. The lowest BCUT2D eigenvalue weighted by Crippen LogP contribution is -2.61. The third-order valence-corrected chi connectivity index (χ3v) is 7.42. The van der Waals surface area contributed by atoms with Gasteiger partial charge in [-0.15, -0.1) is 0 Å². The lowest BCUT2D eigenvalue weighted by Gasteiger charge is -2.43. The third-order valence-electron chi connectivity index (χ3n) is 6.99. The predicted molar refractivity (Wildman–Crippen MR) is 136 cm³/mol. The van der Waals surface area contributed by atoms with Gasteiger partial charge in [-0.2, -0.15) is 0 Å². The second kappa shape index (κ2) is 9.53. The number of hydrogen-bond acceptors (Lipinski definition) is 7. The summed E-state index contributed by atoms with van der Waals surface area (Å²) in [7, 11) is -0.740. The monoisotopic (exact) mass is 564 g/mol. The number of nitrogens with zero attached hydrogens (tertiary/aromatic N) is 4. The van der Waals surface area contributed by atoms with Crippen LogP contribution in [0.4, 0.5) is 10.2 Å². The van der Waals surface area contributed by atoms with Gasteiger partial charge in [-0.1, -0.05) is 0 Å². The molecule has 1 atom stereocenters. The van der Waals surface area contributed by atoms with Gasteiger partial charge in [0.25, 0.3) is 0 Å². The minimum atomic E-state index is -1.39. The molecule has 4 heterocycles. The summed E-state index contributed by atoms with van der Waals surface area (Å²) in [5.41, 5.74) is -1.74. The van der Waals surface area contributed by atoms with Crippen LogP contribution in [0.2, 0.25) is 0 Å². The first-order chi connectivity index (χ1) is 16.7. The van der Waals surface area contributed by atoms with Crippen molar-refractivity contribution in [3.8, 4) is 0 Å². The fourth-order valence-corrected chi connectivity index (χ4v) is 4.94. The van der Waals surface area contributed by atoms with Crippen molar-refractivity contribution in [1.29, 1.82) is 0 Å². The van der Waals surface area contributed by atoms with Crippen LogP contribution in [0, 0.1) is 13.8 Å². The number of carbonyl (C=O) groups is 2. The molecule has 0 bridgehead atoms. The summed E-state index contributed by atoms with van der Waals surface area (Å²) in [5, 5.41) is 0. The maximum atomic E-state index is 14.0. The predicted octanol–water partition coefficient (Wildman–Crippen LogP) is 3.11. The molecule has 36 heavy (non-hydrogen) atoms. The van der Waals surface area contributed by atoms with Gasteiger partial charge in [0.2, 0.25) is 11.8 Å². The third kappa shape index (κ3) is 5.35. The summed E-state index contributed by atoms with van der Waals surface area (Å²) in [4.78, 5) is 37.7. The van der Waals surface area contributed by atoms with E-state index in [0.29, 0.717) is 23.8 Å². The van der Waals surface area contributed by atoms with Crippen molar-refractivity contribution in [3.63, 3.8) is 0 Å². The quantitative estimate of drug-likeness (QED) is 0.476. The van der Waals surface area contributed by atoms with Crippen LogP contribution < -0.4 is 10.6 Å². The van der Waals surface area contributed by atoms with E-state index in [-0.39, 0.29) is 37.9 Å². The molecule has 2 aliphatic heterocycles. The number of hydrogen-bond donors (Lipinski definition) is 0. The molecule has 0 N–H and O–H groups in total. The molecule has 0 spiro atoms. The molecule has 2 amide bonds. The summed E-state index contributed by atoms with van der Waals surface area (Å²) in [6.07, 6.45) is 3.56. The number of carbonyl (C=O) groups excluding carboxylic acids is 2. The van der Waals surface area contributed by atoms with E-state index in [1.807, 2.05) is 33.8 Å². The zero-order valence-electron chi connectivity index (χ0n) is 21.4. The molecule has 4 rings (SSSR count).